The molecule has 23 heavy (non-hydrogen) atoms. The fourth-order valence-electron chi connectivity index (χ4n) is 2.01. The minimum absolute atomic E-state index is 0.0951. The van der Waals surface area contributed by atoms with E-state index >= 15 is 0 Å². The first-order valence-electron chi connectivity index (χ1n) is 7.22. The molecule has 1 aromatic heterocycles. The van der Waals surface area contributed by atoms with E-state index in [1.807, 2.05) is 12.1 Å². The van der Waals surface area contributed by atoms with E-state index in [1.54, 1.807) is 42.5 Å². The lowest BCUT2D eigenvalue weighted by Gasteiger charge is -2.09. The molecule has 0 saturated carbocycles. The third-order valence-corrected chi connectivity index (χ3v) is 4.47. The van der Waals surface area contributed by atoms with Crippen molar-refractivity contribution in [2.24, 2.45) is 0 Å². The highest BCUT2D eigenvalue weighted by Gasteiger charge is 2.08. The van der Waals surface area contributed by atoms with E-state index in [4.69, 9.17) is 0 Å². The summed E-state index contributed by atoms with van der Waals surface area (Å²) in [5.74, 6) is 0.107. The average Bonchev–Trinajstić information content (AvgIpc) is 3.00. The number of carbonyl (C=O) groups is 1. The molecule has 122 valence electrons. The minimum Gasteiger partial charge on any atom is -0.349 e. The molecule has 0 fully saturated rings. The second-order valence-corrected chi connectivity index (χ2v) is 6.45. The van der Waals surface area contributed by atoms with E-state index in [0.717, 1.165) is 15.3 Å². The summed E-state index contributed by atoms with van der Waals surface area (Å²) >= 11 is 1.64. The van der Waals surface area contributed by atoms with Crippen LogP contribution >= 0.6 is 11.3 Å². The number of hydrogen-bond donors (Lipinski definition) is 1. The molecular weight excluding hydrogens is 314 g/mol. The maximum atomic E-state index is 11.5. The van der Waals surface area contributed by atoms with Gasteiger partial charge in [-0.1, -0.05) is 0 Å². The number of nitro benzene ring substituents is 1. The zero-order valence-corrected chi connectivity index (χ0v) is 13.9. The fraction of sp³-hybridized carbons (Fsp3) is 0.312. The standard InChI is InChI=1S/C16H19N3O3S/c1-18(2)16(20)9-10-17-11-14-7-8-15(23-14)12-3-5-13(6-4-12)19(21)22/h3-8,17H,9-11H2,1-2H3. The Balaban J connectivity index is 1.88. The second kappa shape index (κ2) is 7.85. The van der Waals surface area contributed by atoms with Crippen LogP contribution in [-0.4, -0.2) is 36.4 Å². The van der Waals surface area contributed by atoms with Crippen molar-refractivity contribution in [3.05, 3.63) is 51.4 Å². The first kappa shape index (κ1) is 17.1. The van der Waals surface area contributed by atoms with Crippen molar-refractivity contribution >= 4 is 22.9 Å². The first-order chi connectivity index (χ1) is 11.0. The number of non-ortho nitro benzene ring substituents is 1. The van der Waals surface area contributed by atoms with Crippen LogP contribution in [0.15, 0.2) is 36.4 Å². The van der Waals surface area contributed by atoms with Crippen LogP contribution in [0.3, 0.4) is 0 Å². The summed E-state index contributed by atoms with van der Waals surface area (Å²) < 4.78 is 0. The van der Waals surface area contributed by atoms with Crippen molar-refractivity contribution in [3.63, 3.8) is 0 Å². The van der Waals surface area contributed by atoms with Crippen molar-refractivity contribution in [1.29, 1.82) is 0 Å². The number of hydrogen-bond acceptors (Lipinski definition) is 5. The Morgan fingerprint density at radius 1 is 1.22 bits per heavy atom. The number of nitro groups is 1. The molecule has 0 atom stereocenters. The van der Waals surface area contributed by atoms with E-state index in [9.17, 15) is 14.9 Å². The molecule has 7 heteroatoms. The average molecular weight is 333 g/mol. The highest BCUT2D eigenvalue weighted by Crippen LogP contribution is 2.29. The van der Waals surface area contributed by atoms with Gasteiger partial charge < -0.3 is 10.2 Å². The topological polar surface area (TPSA) is 75.5 Å². The Hall–Kier alpha value is -2.25. The van der Waals surface area contributed by atoms with Gasteiger partial charge in [-0.2, -0.15) is 0 Å². The van der Waals surface area contributed by atoms with Crippen LogP contribution in [0, 0.1) is 10.1 Å². The third-order valence-electron chi connectivity index (χ3n) is 3.34. The van der Waals surface area contributed by atoms with Crippen LogP contribution in [0.4, 0.5) is 5.69 Å². The predicted octanol–water partition coefficient (Wildman–Crippen LogP) is 2.89. The number of nitrogens with zero attached hydrogens (tertiary/aromatic N) is 2. The number of rotatable bonds is 7. The van der Waals surface area contributed by atoms with Crippen LogP contribution < -0.4 is 5.32 Å². The molecule has 1 N–H and O–H groups in total. The second-order valence-electron chi connectivity index (χ2n) is 5.28. The summed E-state index contributed by atoms with van der Waals surface area (Å²) in [4.78, 5) is 25.5. The SMILES string of the molecule is CN(C)C(=O)CCNCc1ccc(-c2ccc([N+](=O)[O-])cc2)s1. The van der Waals surface area contributed by atoms with Crippen molar-refractivity contribution in [1.82, 2.24) is 10.2 Å². The summed E-state index contributed by atoms with van der Waals surface area (Å²) in [7, 11) is 3.50. The number of benzene rings is 1. The molecule has 0 radical (unpaired) electrons. The van der Waals surface area contributed by atoms with Crippen molar-refractivity contribution in [3.8, 4) is 10.4 Å². The van der Waals surface area contributed by atoms with Gasteiger partial charge in [-0.05, 0) is 29.8 Å². The summed E-state index contributed by atoms with van der Waals surface area (Å²) in [6.45, 7) is 1.35. The number of thiophene rings is 1. The van der Waals surface area contributed by atoms with E-state index < -0.39 is 4.92 Å². The Morgan fingerprint density at radius 2 is 1.91 bits per heavy atom. The van der Waals surface area contributed by atoms with Gasteiger partial charge in [-0.25, -0.2) is 0 Å². The van der Waals surface area contributed by atoms with Crippen molar-refractivity contribution < 1.29 is 9.72 Å². The summed E-state index contributed by atoms with van der Waals surface area (Å²) in [5.41, 5.74) is 1.06. The Kier molecular flexibility index (Phi) is 5.84. The Bertz CT molecular complexity index is 680. The number of nitrogens with one attached hydrogen (secondary N) is 1. The molecule has 1 heterocycles. The quantitative estimate of drug-likeness (QED) is 0.480. The van der Waals surface area contributed by atoms with Gasteiger partial charge >= 0.3 is 0 Å². The third kappa shape index (κ3) is 4.87. The molecule has 6 nitrogen and oxygen atoms in total. The number of carbonyl (C=O) groups excluding carboxylic acids is 1. The summed E-state index contributed by atoms with van der Waals surface area (Å²) in [6.07, 6.45) is 0.480. The normalized spacial score (nSPS) is 10.5. The lowest BCUT2D eigenvalue weighted by molar-refractivity contribution is -0.384. The van der Waals surface area contributed by atoms with E-state index in [-0.39, 0.29) is 11.6 Å². The lowest BCUT2D eigenvalue weighted by atomic mass is 10.2. The van der Waals surface area contributed by atoms with Gasteiger partial charge in [0.25, 0.3) is 5.69 Å². The molecule has 1 aromatic carbocycles. The van der Waals surface area contributed by atoms with Gasteiger partial charge in [0.2, 0.25) is 5.91 Å². The molecule has 2 rings (SSSR count). The molecular formula is C16H19N3O3S. The van der Waals surface area contributed by atoms with Crippen molar-refractivity contribution in [2.75, 3.05) is 20.6 Å². The van der Waals surface area contributed by atoms with Crippen LogP contribution in [0.1, 0.15) is 11.3 Å². The maximum Gasteiger partial charge on any atom is 0.269 e. The van der Waals surface area contributed by atoms with Gasteiger partial charge in [-0.15, -0.1) is 11.3 Å². The van der Waals surface area contributed by atoms with Crippen LogP contribution in [0.25, 0.3) is 10.4 Å². The van der Waals surface area contributed by atoms with E-state index in [0.29, 0.717) is 19.5 Å². The highest BCUT2D eigenvalue weighted by atomic mass is 32.1. The molecule has 0 unspecified atom stereocenters. The van der Waals surface area contributed by atoms with Gasteiger partial charge in [0.05, 0.1) is 4.92 Å². The largest absolute Gasteiger partial charge is 0.349 e. The molecule has 0 bridgehead atoms. The smallest absolute Gasteiger partial charge is 0.269 e. The fourth-order valence-corrected chi connectivity index (χ4v) is 2.99. The molecule has 0 saturated heterocycles. The Labute approximate surface area is 138 Å². The molecule has 1 amide bonds. The summed E-state index contributed by atoms with van der Waals surface area (Å²) in [5, 5.41) is 13.9. The van der Waals surface area contributed by atoms with Crippen LogP contribution in [-0.2, 0) is 11.3 Å². The van der Waals surface area contributed by atoms with E-state index in [2.05, 4.69) is 5.32 Å². The number of amides is 1. The Morgan fingerprint density at radius 3 is 2.52 bits per heavy atom. The van der Waals surface area contributed by atoms with Gasteiger partial charge in [0.15, 0.2) is 0 Å². The van der Waals surface area contributed by atoms with Gasteiger partial charge in [0.1, 0.15) is 0 Å². The zero-order valence-electron chi connectivity index (χ0n) is 13.1. The highest BCUT2D eigenvalue weighted by molar-refractivity contribution is 7.15. The van der Waals surface area contributed by atoms with Crippen LogP contribution in [0.5, 0.6) is 0 Å². The van der Waals surface area contributed by atoms with Gasteiger partial charge in [0, 0.05) is 55.5 Å². The maximum absolute atomic E-state index is 11.5. The summed E-state index contributed by atoms with van der Waals surface area (Å²) in [6, 6.07) is 10.6. The molecule has 0 aliphatic carbocycles. The molecule has 0 spiro atoms. The molecule has 0 aliphatic rings. The van der Waals surface area contributed by atoms with Crippen molar-refractivity contribution in [2.45, 2.75) is 13.0 Å². The predicted molar refractivity (Wildman–Crippen MR) is 91.4 cm³/mol. The van der Waals surface area contributed by atoms with Gasteiger partial charge in [-0.3, -0.25) is 14.9 Å². The first-order valence-corrected chi connectivity index (χ1v) is 8.03. The zero-order chi connectivity index (χ0) is 16.8. The molecule has 2 aromatic rings. The van der Waals surface area contributed by atoms with Crippen LogP contribution in [0.2, 0.25) is 0 Å². The monoisotopic (exact) mass is 333 g/mol. The lowest BCUT2D eigenvalue weighted by Crippen LogP contribution is -2.26. The van der Waals surface area contributed by atoms with E-state index in [1.165, 1.54) is 12.1 Å². The minimum atomic E-state index is -0.400. The molecule has 0 aliphatic heterocycles.